The van der Waals surface area contributed by atoms with E-state index in [0.717, 1.165) is 19.3 Å². The summed E-state index contributed by atoms with van der Waals surface area (Å²) in [5.41, 5.74) is 0.179. The lowest BCUT2D eigenvalue weighted by Crippen LogP contribution is -2.29. The Morgan fingerprint density at radius 2 is 1.80 bits per heavy atom. The van der Waals surface area contributed by atoms with Crippen molar-refractivity contribution in [2.45, 2.75) is 37.4 Å². The minimum atomic E-state index is -3.41. The van der Waals surface area contributed by atoms with E-state index in [1.807, 2.05) is 0 Å². The van der Waals surface area contributed by atoms with Crippen molar-refractivity contribution in [1.29, 1.82) is 0 Å². The molecule has 0 aliphatic heterocycles. The summed E-state index contributed by atoms with van der Waals surface area (Å²) in [5, 5.41) is 0.212. The van der Waals surface area contributed by atoms with Crippen LogP contribution in [0.5, 0.6) is 0 Å². The van der Waals surface area contributed by atoms with E-state index in [4.69, 9.17) is 23.2 Å². The molecule has 0 heterocycles. The van der Waals surface area contributed by atoms with Crippen molar-refractivity contribution in [3.63, 3.8) is 0 Å². The van der Waals surface area contributed by atoms with Gasteiger partial charge in [0, 0.05) is 10.6 Å². The largest absolute Gasteiger partial charge is 0.293 e. The number of carbonyl (C=O) groups excluding carboxylic acids is 1. The van der Waals surface area contributed by atoms with Crippen LogP contribution >= 0.6 is 23.2 Å². The van der Waals surface area contributed by atoms with Crippen LogP contribution < -0.4 is 0 Å². The van der Waals surface area contributed by atoms with E-state index in [1.165, 1.54) is 12.1 Å². The van der Waals surface area contributed by atoms with Gasteiger partial charge in [0.1, 0.15) is 5.75 Å². The fourth-order valence-electron chi connectivity index (χ4n) is 2.51. The molecule has 2 rings (SSSR count). The Morgan fingerprint density at radius 3 is 2.45 bits per heavy atom. The summed E-state index contributed by atoms with van der Waals surface area (Å²) in [7, 11) is -3.41. The molecule has 0 amide bonds. The fourth-order valence-corrected chi connectivity index (χ4v) is 4.72. The Balaban J connectivity index is 2.16. The summed E-state index contributed by atoms with van der Waals surface area (Å²) < 4.78 is 24.5. The predicted octanol–water partition coefficient (Wildman–Crippen LogP) is 3.92. The van der Waals surface area contributed by atoms with Crippen molar-refractivity contribution in [3.05, 3.63) is 33.8 Å². The lowest BCUT2D eigenvalue weighted by Gasteiger charge is -2.21. The van der Waals surface area contributed by atoms with Gasteiger partial charge in [-0.05, 0) is 31.0 Å². The van der Waals surface area contributed by atoms with E-state index in [-0.39, 0.29) is 10.6 Å². The average Bonchev–Trinajstić information content (AvgIpc) is 2.42. The number of ketones is 1. The molecule has 1 fully saturated rings. The molecule has 0 spiro atoms. The topological polar surface area (TPSA) is 51.2 Å². The molecule has 0 N–H and O–H groups in total. The van der Waals surface area contributed by atoms with Crippen molar-refractivity contribution in [2.75, 3.05) is 5.75 Å². The number of carbonyl (C=O) groups is 1. The van der Waals surface area contributed by atoms with Gasteiger partial charge in [-0.1, -0.05) is 42.5 Å². The maximum atomic E-state index is 12.3. The second-order valence-corrected chi connectivity index (χ2v) is 8.24. The number of halogens is 2. The molecule has 0 atom stereocenters. The maximum absolute atomic E-state index is 12.3. The van der Waals surface area contributed by atoms with Crippen molar-refractivity contribution in [3.8, 4) is 0 Å². The van der Waals surface area contributed by atoms with Crippen LogP contribution in [-0.4, -0.2) is 25.2 Å². The first-order chi connectivity index (χ1) is 9.40. The van der Waals surface area contributed by atoms with Gasteiger partial charge in [0.15, 0.2) is 15.6 Å². The van der Waals surface area contributed by atoms with Crippen molar-refractivity contribution in [2.24, 2.45) is 0 Å². The second kappa shape index (κ2) is 6.46. The third-order valence-corrected chi connectivity index (χ3v) is 6.34. The van der Waals surface area contributed by atoms with Crippen LogP contribution in [0.1, 0.15) is 42.5 Å². The minimum absolute atomic E-state index is 0.179. The van der Waals surface area contributed by atoms with Crippen molar-refractivity contribution >= 4 is 38.8 Å². The summed E-state index contributed by atoms with van der Waals surface area (Å²) in [5.74, 6) is -0.972. The molecule has 0 unspecified atom stereocenters. The second-order valence-electron chi connectivity index (χ2n) is 5.11. The molecular formula is C14H16Cl2O3S. The summed E-state index contributed by atoms with van der Waals surface area (Å²) in [4.78, 5) is 12.2. The van der Waals surface area contributed by atoms with E-state index >= 15 is 0 Å². The zero-order valence-corrected chi connectivity index (χ0v) is 13.3. The highest BCUT2D eigenvalue weighted by molar-refractivity contribution is 7.92. The van der Waals surface area contributed by atoms with Crippen LogP contribution in [0.4, 0.5) is 0 Å². The number of hydrogen-bond donors (Lipinski definition) is 0. The van der Waals surface area contributed by atoms with E-state index in [0.29, 0.717) is 17.9 Å². The standard InChI is InChI=1S/C14H16Cl2O3S/c15-10-6-7-13(16)12(8-10)14(17)9-20(18,19)11-4-2-1-3-5-11/h6-8,11H,1-5,9H2. The van der Waals surface area contributed by atoms with Gasteiger partial charge in [0.2, 0.25) is 0 Å². The Bertz CT molecular complexity index is 605. The van der Waals surface area contributed by atoms with E-state index in [2.05, 4.69) is 0 Å². The number of rotatable bonds is 4. The highest BCUT2D eigenvalue weighted by Gasteiger charge is 2.30. The predicted molar refractivity (Wildman–Crippen MR) is 81.5 cm³/mol. The molecule has 0 aromatic heterocycles. The van der Waals surface area contributed by atoms with Crippen molar-refractivity contribution < 1.29 is 13.2 Å². The van der Waals surface area contributed by atoms with Crippen LogP contribution in [-0.2, 0) is 9.84 Å². The highest BCUT2D eigenvalue weighted by atomic mass is 35.5. The zero-order valence-electron chi connectivity index (χ0n) is 10.9. The summed E-state index contributed by atoms with van der Waals surface area (Å²) in [6.45, 7) is 0. The van der Waals surface area contributed by atoms with Gasteiger partial charge in [-0.2, -0.15) is 0 Å². The Labute approximate surface area is 129 Å². The molecule has 1 aliphatic rings. The summed E-state index contributed by atoms with van der Waals surface area (Å²) >= 11 is 11.8. The number of sulfone groups is 1. The van der Waals surface area contributed by atoms with Crippen LogP contribution in [0.15, 0.2) is 18.2 Å². The molecular weight excluding hydrogens is 319 g/mol. The van der Waals surface area contributed by atoms with Crippen LogP contribution in [0.25, 0.3) is 0 Å². The molecule has 3 nitrogen and oxygen atoms in total. The average molecular weight is 335 g/mol. The third-order valence-electron chi connectivity index (χ3n) is 3.62. The van der Waals surface area contributed by atoms with Crippen LogP contribution in [0.2, 0.25) is 10.0 Å². The monoisotopic (exact) mass is 334 g/mol. The quantitative estimate of drug-likeness (QED) is 0.784. The first kappa shape index (κ1) is 15.8. The fraction of sp³-hybridized carbons (Fsp3) is 0.500. The molecule has 1 aromatic carbocycles. The van der Waals surface area contributed by atoms with Crippen molar-refractivity contribution in [1.82, 2.24) is 0 Å². The number of benzene rings is 1. The maximum Gasteiger partial charge on any atom is 0.179 e. The molecule has 1 saturated carbocycles. The lowest BCUT2D eigenvalue weighted by molar-refractivity contribution is 0.102. The van der Waals surface area contributed by atoms with Gasteiger partial charge in [0.25, 0.3) is 0 Å². The van der Waals surface area contributed by atoms with E-state index in [9.17, 15) is 13.2 Å². The first-order valence-electron chi connectivity index (χ1n) is 6.60. The smallest absolute Gasteiger partial charge is 0.179 e. The van der Waals surface area contributed by atoms with Gasteiger partial charge < -0.3 is 0 Å². The normalized spacial score (nSPS) is 17.1. The Morgan fingerprint density at radius 1 is 1.15 bits per heavy atom. The van der Waals surface area contributed by atoms with E-state index in [1.54, 1.807) is 6.07 Å². The first-order valence-corrected chi connectivity index (χ1v) is 9.07. The number of hydrogen-bond acceptors (Lipinski definition) is 3. The molecule has 1 aliphatic carbocycles. The third kappa shape index (κ3) is 3.74. The van der Waals surface area contributed by atoms with Gasteiger partial charge in [-0.3, -0.25) is 4.79 Å². The molecule has 0 bridgehead atoms. The van der Waals surface area contributed by atoms with Gasteiger partial charge in [-0.15, -0.1) is 0 Å². The SMILES string of the molecule is O=C(CS(=O)(=O)C1CCCCC1)c1cc(Cl)ccc1Cl. The minimum Gasteiger partial charge on any atom is -0.293 e. The summed E-state index contributed by atoms with van der Waals surface area (Å²) in [6.07, 6.45) is 4.20. The lowest BCUT2D eigenvalue weighted by atomic mass is 10.0. The summed E-state index contributed by atoms with van der Waals surface area (Å²) in [6, 6.07) is 4.49. The highest BCUT2D eigenvalue weighted by Crippen LogP contribution is 2.26. The van der Waals surface area contributed by atoms with E-state index < -0.39 is 26.6 Å². The Kier molecular flexibility index (Phi) is 5.10. The van der Waals surface area contributed by atoms with Crippen LogP contribution in [0, 0.1) is 0 Å². The van der Waals surface area contributed by atoms with Gasteiger partial charge >= 0.3 is 0 Å². The number of Topliss-reactive ketones (excluding diaryl/α,β-unsaturated/α-hetero) is 1. The molecule has 6 heteroatoms. The molecule has 1 aromatic rings. The molecule has 20 heavy (non-hydrogen) atoms. The van der Waals surface area contributed by atoms with Gasteiger partial charge in [0.05, 0.1) is 10.3 Å². The zero-order chi connectivity index (χ0) is 14.8. The van der Waals surface area contributed by atoms with Crippen LogP contribution in [0.3, 0.4) is 0 Å². The molecule has 0 radical (unpaired) electrons. The van der Waals surface area contributed by atoms with Gasteiger partial charge in [-0.25, -0.2) is 8.42 Å². The Hall–Kier alpha value is -0.580. The molecule has 110 valence electrons. The molecule has 0 saturated heterocycles.